The molecule has 0 bridgehead atoms. The number of hydrogen-bond donors (Lipinski definition) is 3. The van der Waals surface area contributed by atoms with Crippen LogP contribution in [-0.2, 0) is 6.42 Å². The van der Waals surface area contributed by atoms with Crippen molar-refractivity contribution in [3.63, 3.8) is 0 Å². The molecule has 3 aromatic rings. The number of ether oxygens (including phenoxy) is 1. The number of urea groups is 1. The Kier molecular flexibility index (Phi) is 6.21. The van der Waals surface area contributed by atoms with Gasteiger partial charge in [0, 0.05) is 6.04 Å². The van der Waals surface area contributed by atoms with Crippen LogP contribution in [0, 0.1) is 5.92 Å². The maximum atomic E-state index is 12.8. The van der Waals surface area contributed by atoms with Crippen molar-refractivity contribution in [2.24, 2.45) is 5.92 Å². The molecule has 0 saturated heterocycles. The van der Waals surface area contributed by atoms with Crippen LogP contribution in [0.5, 0.6) is 5.75 Å². The van der Waals surface area contributed by atoms with Gasteiger partial charge >= 0.3 is 6.03 Å². The van der Waals surface area contributed by atoms with Crippen molar-refractivity contribution in [1.29, 1.82) is 0 Å². The molecule has 0 spiro atoms. The topological polar surface area (TPSA) is 79.0 Å². The highest BCUT2D eigenvalue weighted by molar-refractivity contribution is 5.76. The maximum Gasteiger partial charge on any atom is 0.315 e. The number of hydrogen-bond acceptors (Lipinski definition) is 3. The SMILES string of the molecule is COc1ccc(C[C@@H](NC(=O)NC2CCC(C)CC2)c2nc3ccccc3[nH]2)cc1. The molecule has 6 heteroatoms. The Balaban J connectivity index is 1.50. The molecule has 0 aliphatic heterocycles. The summed E-state index contributed by atoms with van der Waals surface area (Å²) >= 11 is 0. The smallest absolute Gasteiger partial charge is 0.315 e. The zero-order valence-electron chi connectivity index (χ0n) is 17.7. The maximum absolute atomic E-state index is 12.8. The van der Waals surface area contributed by atoms with Gasteiger partial charge in [-0.25, -0.2) is 9.78 Å². The molecular weight excluding hydrogens is 376 g/mol. The predicted octanol–water partition coefficient (Wildman–Crippen LogP) is 4.73. The van der Waals surface area contributed by atoms with Crippen LogP contribution < -0.4 is 15.4 Å². The summed E-state index contributed by atoms with van der Waals surface area (Å²) < 4.78 is 5.26. The fourth-order valence-corrected chi connectivity index (χ4v) is 4.14. The summed E-state index contributed by atoms with van der Waals surface area (Å²) in [6, 6.07) is 15.7. The van der Waals surface area contributed by atoms with Crippen molar-refractivity contribution < 1.29 is 9.53 Å². The molecule has 30 heavy (non-hydrogen) atoms. The van der Waals surface area contributed by atoms with E-state index in [0.29, 0.717) is 6.42 Å². The molecule has 2 aromatic carbocycles. The number of aromatic nitrogens is 2. The van der Waals surface area contributed by atoms with Gasteiger partial charge in [-0.15, -0.1) is 0 Å². The van der Waals surface area contributed by atoms with Crippen molar-refractivity contribution in [1.82, 2.24) is 20.6 Å². The standard InChI is InChI=1S/C24H30N4O2/c1-16-7-11-18(12-8-16)25-24(29)28-22(15-17-9-13-19(30-2)14-10-17)23-26-20-5-3-4-6-21(20)27-23/h3-6,9-10,13-14,16,18,22H,7-8,11-12,15H2,1-2H3,(H,26,27)(H2,25,28,29)/t16?,18?,22-/m1/s1. The highest BCUT2D eigenvalue weighted by Gasteiger charge is 2.23. The van der Waals surface area contributed by atoms with Crippen LogP contribution in [0.1, 0.15) is 50.0 Å². The number of carbonyl (C=O) groups excluding carboxylic acids is 1. The number of rotatable bonds is 6. The number of fused-ring (bicyclic) bond motifs is 1. The van der Waals surface area contributed by atoms with Gasteiger partial charge in [-0.05, 0) is 67.9 Å². The molecule has 2 amide bonds. The van der Waals surface area contributed by atoms with Crippen molar-refractivity contribution in [3.8, 4) is 5.75 Å². The molecule has 1 heterocycles. The minimum atomic E-state index is -0.256. The van der Waals surface area contributed by atoms with E-state index >= 15 is 0 Å². The Bertz CT molecular complexity index is 941. The third-order valence-corrected chi connectivity index (χ3v) is 5.99. The van der Waals surface area contributed by atoms with Gasteiger partial charge in [-0.3, -0.25) is 0 Å². The van der Waals surface area contributed by atoms with Crippen molar-refractivity contribution >= 4 is 17.1 Å². The molecular formula is C24H30N4O2. The van der Waals surface area contributed by atoms with Gasteiger partial charge in [0.1, 0.15) is 11.6 Å². The third kappa shape index (κ3) is 4.93. The summed E-state index contributed by atoms with van der Waals surface area (Å²) in [5.41, 5.74) is 2.97. The van der Waals surface area contributed by atoms with E-state index in [1.54, 1.807) is 7.11 Å². The number of amides is 2. The largest absolute Gasteiger partial charge is 0.497 e. The normalized spacial score (nSPS) is 19.9. The van der Waals surface area contributed by atoms with Crippen molar-refractivity contribution in [2.45, 2.75) is 51.1 Å². The van der Waals surface area contributed by atoms with Gasteiger partial charge in [0.2, 0.25) is 0 Å². The number of carbonyl (C=O) groups is 1. The quantitative estimate of drug-likeness (QED) is 0.553. The number of nitrogens with one attached hydrogen (secondary N) is 3. The molecule has 1 aromatic heterocycles. The first kappa shape index (κ1) is 20.3. The second-order valence-corrected chi connectivity index (χ2v) is 8.32. The fourth-order valence-electron chi connectivity index (χ4n) is 4.14. The molecule has 3 N–H and O–H groups in total. The van der Waals surface area contributed by atoms with Gasteiger partial charge in [0.05, 0.1) is 24.2 Å². The summed E-state index contributed by atoms with van der Waals surface area (Å²) in [6.07, 6.45) is 5.07. The summed E-state index contributed by atoms with van der Waals surface area (Å²) in [4.78, 5) is 20.9. The molecule has 158 valence electrons. The van der Waals surface area contributed by atoms with E-state index in [1.165, 1.54) is 12.8 Å². The average molecular weight is 407 g/mol. The lowest BCUT2D eigenvalue weighted by molar-refractivity contribution is 0.224. The molecule has 0 unspecified atom stereocenters. The van der Waals surface area contributed by atoms with Crippen LogP contribution in [0.15, 0.2) is 48.5 Å². The van der Waals surface area contributed by atoms with E-state index in [4.69, 9.17) is 9.72 Å². The summed E-state index contributed by atoms with van der Waals surface area (Å²) in [6.45, 7) is 2.28. The lowest BCUT2D eigenvalue weighted by Crippen LogP contribution is -2.45. The molecule has 1 fully saturated rings. The lowest BCUT2D eigenvalue weighted by Gasteiger charge is -2.28. The number of nitrogens with zero attached hydrogens (tertiary/aromatic N) is 1. The number of aromatic amines is 1. The minimum Gasteiger partial charge on any atom is -0.497 e. The zero-order valence-corrected chi connectivity index (χ0v) is 17.7. The molecule has 1 atom stereocenters. The van der Waals surface area contributed by atoms with Crippen LogP contribution in [0.2, 0.25) is 0 Å². The Labute approximate surface area is 177 Å². The zero-order chi connectivity index (χ0) is 20.9. The fraction of sp³-hybridized carbons (Fsp3) is 0.417. The van der Waals surface area contributed by atoms with E-state index in [1.807, 2.05) is 48.5 Å². The first-order chi connectivity index (χ1) is 14.6. The van der Waals surface area contributed by atoms with E-state index in [2.05, 4.69) is 22.5 Å². The summed E-state index contributed by atoms with van der Waals surface area (Å²) in [7, 11) is 1.66. The Morgan fingerprint density at radius 1 is 1.13 bits per heavy atom. The van der Waals surface area contributed by atoms with Crippen LogP contribution in [0.25, 0.3) is 11.0 Å². The van der Waals surface area contributed by atoms with Gasteiger partial charge in [-0.1, -0.05) is 31.2 Å². The van der Waals surface area contributed by atoms with Gasteiger partial charge < -0.3 is 20.4 Å². The first-order valence-electron chi connectivity index (χ1n) is 10.8. The van der Waals surface area contributed by atoms with Crippen LogP contribution >= 0.6 is 0 Å². The Morgan fingerprint density at radius 2 is 1.87 bits per heavy atom. The highest BCUT2D eigenvalue weighted by Crippen LogP contribution is 2.24. The third-order valence-electron chi connectivity index (χ3n) is 5.99. The number of imidazole rings is 1. The van der Waals surface area contributed by atoms with Gasteiger partial charge in [-0.2, -0.15) is 0 Å². The highest BCUT2D eigenvalue weighted by atomic mass is 16.5. The van der Waals surface area contributed by atoms with E-state index in [9.17, 15) is 4.79 Å². The second-order valence-electron chi connectivity index (χ2n) is 8.32. The van der Waals surface area contributed by atoms with E-state index in [-0.39, 0.29) is 18.1 Å². The molecule has 4 rings (SSSR count). The lowest BCUT2D eigenvalue weighted by atomic mass is 9.87. The Hall–Kier alpha value is -3.02. The molecule has 0 radical (unpaired) electrons. The second kappa shape index (κ2) is 9.20. The number of methoxy groups -OCH3 is 1. The monoisotopic (exact) mass is 406 g/mol. The van der Waals surface area contributed by atoms with Crippen LogP contribution in [0.4, 0.5) is 4.79 Å². The average Bonchev–Trinajstić information content (AvgIpc) is 3.20. The number of benzene rings is 2. The van der Waals surface area contributed by atoms with E-state index < -0.39 is 0 Å². The van der Waals surface area contributed by atoms with Gasteiger partial charge in [0.15, 0.2) is 0 Å². The van der Waals surface area contributed by atoms with Crippen LogP contribution in [0.3, 0.4) is 0 Å². The Morgan fingerprint density at radius 3 is 2.57 bits per heavy atom. The predicted molar refractivity (Wildman–Crippen MR) is 119 cm³/mol. The molecule has 6 nitrogen and oxygen atoms in total. The van der Waals surface area contributed by atoms with E-state index in [0.717, 1.165) is 46.9 Å². The molecule has 1 saturated carbocycles. The number of para-hydroxylation sites is 2. The number of H-pyrrole nitrogens is 1. The van der Waals surface area contributed by atoms with Crippen LogP contribution in [-0.4, -0.2) is 29.2 Å². The molecule has 1 aliphatic rings. The van der Waals surface area contributed by atoms with Crippen molar-refractivity contribution in [2.75, 3.05) is 7.11 Å². The minimum absolute atomic E-state index is 0.131. The summed E-state index contributed by atoms with van der Waals surface area (Å²) in [5, 5.41) is 6.32. The van der Waals surface area contributed by atoms with Crippen molar-refractivity contribution in [3.05, 3.63) is 59.9 Å². The first-order valence-corrected chi connectivity index (χ1v) is 10.8. The van der Waals surface area contributed by atoms with Gasteiger partial charge in [0.25, 0.3) is 0 Å². The summed E-state index contributed by atoms with van der Waals surface area (Å²) in [5.74, 6) is 2.33. The molecule has 1 aliphatic carbocycles.